The van der Waals surface area contributed by atoms with Gasteiger partial charge in [-0.25, -0.2) is 0 Å². The molecule has 0 radical (unpaired) electrons. The average Bonchev–Trinajstić information content (AvgIpc) is 2.46. The minimum atomic E-state index is 0.457. The van der Waals surface area contributed by atoms with E-state index in [1.54, 1.807) is 6.20 Å². The lowest BCUT2D eigenvalue weighted by atomic mass is 10.1. The third kappa shape index (κ3) is 8.10. The van der Waals surface area contributed by atoms with Crippen molar-refractivity contribution in [1.82, 2.24) is 4.98 Å². The number of halogens is 1. The normalized spacial score (nSPS) is 10.6. The number of aromatic nitrogens is 1. The summed E-state index contributed by atoms with van der Waals surface area (Å²) < 4.78 is 5.65. The van der Waals surface area contributed by atoms with Gasteiger partial charge in [0.15, 0.2) is 0 Å². The molecule has 0 spiro atoms. The van der Waals surface area contributed by atoms with E-state index in [1.807, 2.05) is 12.1 Å². The first-order chi connectivity index (χ1) is 9.36. The smallest absolute Gasteiger partial charge is 0.137 e. The lowest BCUT2D eigenvalue weighted by Crippen LogP contribution is -1.98. The highest BCUT2D eigenvalue weighted by Gasteiger charge is 1.96. The zero-order valence-electron chi connectivity index (χ0n) is 12.0. The van der Waals surface area contributed by atoms with Gasteiger partial charge in [0.05, 0.1) is 24.4 Å². The molecule has 108 valence electrons. The van der Waals surface area contributed by atoms with Crippen molar-refractivity contribution in [2.45, 2.75) is 64.2 Å². The number of alkyl halides is 1. The summed E-state index contributed by atoms with van der Waals surface area (Å²) >= 11 is 5.68. The molecule has 1 rings (SSSR count). The van der Waals surface area contributed by atoms with Crippen LogP contribution >= 0.6 is 11.6 Å². The third-order valence-electron chi connectivity index (χ3n) is 3.20. The Morgan fingerprint density at radius 1 is 1.00 bits per heavy atom. The standard InChI is InChI=1S/C16H26ClNO/c1-2-3-4-5-6-7-8-9-12-19-16-11-10-15(13-17)18-14-16/h10-11,14H,2-9,12-13H2,1H3. The predicted octanol–water partition coefficient (Wildman–Crippen LogP) is 5.34. The minimum absolute atomic E-state index is 0.457. The van der Waals surface area contributed by atoms with Gasteiger partial charge in [0.25, 0.3) is 0 Å². The maximum atomic E-state index is 5.68. The van der Waals surface area contributed by atoms with E-state index in [-0.39, 0.29) is 0 Å². The van der Waals surface area contributed by atoms with Gasteiger partial charge in [-0.2, -0.15) is 0 Å². The molecule has 0 saturated heterocycles. The molecule has 0 atom stereocenters. The van der Waals surface area contributed by atoms with Gasteiger partial charge in [0, 0.05) is 0 Å². The van der Waals surface area contributed by atoms with E-state index in [4.69, 9.17) is 16.3 Å². The minimum Gasteiger partial charge on any atom is -0.492 e. The van der Waals surface area contributed by atoms with Crippen LogP contribution in [0, 0.1) is 0 Å². The number of pyridine rings is 1. The van der Waals surface area contributed by atoms with Crippen LogP contribution < -0.4 is 4.74 Å². The van der Waals surface area contributed by atoms with Crippen LogP contribution in [0.15, 0.2) is 18.3 Å². The Morgan fingerprint density at radius 3 is 2.26 bits per heavy atom. The second-order valence-corrected chi connectivity index (χ2v) is 5.21. The summed E-state index contributed by atoms with van der Waals surface area (Å²) in [5.74, 6) is 1.30. The topological polar surface area (TPSA) is 22.1 Å². The van der Waals surface area contributed by atoms with Gasteiger partial charge in [0.2, 0.25) is 0 Å². The summed E-state index contributed by atoms with van der Waals surface area (Å²) in [6, 6.07) is 3.85. The van der Waals surface area contributed by atoms with Gasteiger partial charge < -0.3 is 4.74 Å². The van der Waals surface area contributed by atoms with Gasteiger partial charge in [-0.15, -0.1) is 11.6 Å². The molecule has 19 heavy (non-hydrogen) atoms. The SMILES string of the molecule is CCCCCCCCCCOc1ccc(CCl)nc1. The van der Waals surface area contributed by atoms with Crippen LogP contribution in [-0.2, 0) is 5.88 Å². The summed E-state index contributed by atoms with van der Waals surface area (Å²) in [5.41, 5.74) is 0.890. The molecule has 0 amide bonds. The molecule has 0 aliphatic heterocycles. The maximum Gasteiger partial charge on any atom is 0.137 e. The molecule has 3 heteroatoms. The first kappa shape index (κ1) is 16.3. The van der Waals surface area contributed by atoms with Gasteiger partial charge >= 0.3 is 0 Å². The van der Waals surface area contributed by atoms with Crippen LogP contribution in [0.3, 0.4) is 0 Å². The number of nitrogens with zero attached hydrogens (tertiary/aromatic N) is 1. The first-order valence-corrected chi connectivity index (χ1v) is 8.04. The highest BCUT2D eigenvalue weighted by atomic mass is 35.5. The Morgan fingerprint density at radius 2 is 1.68 bits per heavy atom. The van der Waals surface area contributed by atoms with Crippen LogP contribution in [0.4, 0.5) is 0 Å². The van der Waals surface area contributed by atoms with E-state index in [2.05, 4.69) is 11.9 Å². The molecule has 0 N–H and O–H groups in total. The van der Waals surface area contributed by atoms with E-state index < -0.39 is 0 Å². The molecule has 0 unspecified atom stereocenters. The largest absolute Gasteiger partial charge is 0.492 e. The molecule has 1 aromatic heterocycles. The lowest BCUT2D eigenvalue weighted by molar-refractivity contribution is 0.303. The van der Waals surface area contributed by atoms with Gasteiger partial charge in [-0.3, -0.25) is 4.98 Å². The quantitative estimate of drug-likeness (QED) is 0.404. The molecule has 2 nitrogen and oxygen atoms in total. The average molecular weight is 284 g/mol. The number of hydrogen-bond donors (Lipinski definition) is 0. The molecule has 0 aliphatic carbocycles. The van der Waals surface area contributed by atoms with Crippen molar-refractivity contribution >= 4 is 11.6 Å². The molecule has 0 bridgehead atoms. The van der Waals surface area contributed by atoms with Gasteiger partial charge in [0.1, 0.15) is 5.75 Å². The van der Waals surface area contributed by atoms with Crippen LogP contribution in [-0.4, -0.2) is 11.6 Å². The van der Waals surface area contributed by atoms with E-state index in [1.165, 1.54) is 44.9 Å². The lowest BCUT2D eigenvalue weighted by Gasteiger charge is -2.06. The van der Waals surface area contributed by atoms with Crippen LogP contribution in [0.5, 0.6) is 5.75 Å². The van der Waals surface area contributed by atoms with Gasteiger partial charge in [-0.05, 0) is 18.6 Å². The monoisotopic (exact) mass is 283 g/mol. The molecule has 0 saturated carbocycles. The Balaban J connectivity index is 1.95. The second-order valence-electron chi connectivity index (χ2n) is 4.94. The predicted molar refractivity (Wildman–Crippen MR) is 81.9 cm³/mol. The Bertz CT molecular complexity index is 313. The summed E-state index contributed by atoms with van der Waals surface area (Å²) in [5, 5.41) is 0. The summed E-state index contributed by atoms with van der Waals surface area (Å²) in [4.78, 5) is 4.20. The summed E-state index contributed by atoms with van der Waals surface area (Å²) in [6.45, 7) is 3.04. The zero-order chi connectivity index (χ0) is 13.8. The second kappa shape index (κ2) is 11.1. The zero-order valence-corrected chi connectivity index (χ0v) is 12.8. The van der Waals surface area contributed by atoms with Crippen molar-refractivity contribution in [3.8, 4) is 5.75 Å². The first-order valence-electron chi connectivity index (χ1n) is 7.50. The Kier molecular flexibility index (Phi) is 9.52. The highest BCUT2D eigenvalue weighted by molar-refractivity contribution is 6.16. The summed E-state index contributed by atoms with van der Waals surface area (Å²) in [6.07, 6.45) is 12.3. The number of hydrogen-bond acceptors (Lipinski definition) is 2. The van der Waals surface area contributed by atoms with Crippen LogP contribution in [0.1, 0.15) is 64.0 Å². The highest BCUT2D eigenvalue weighted by Crippen LogP contribution is 2.12. The molecule has 0 aliphatic rings. The van der Waals surface area contributed by atoms with Crippen molar-refractivity contribution in [3.63, 3.8) is 0 Å². The third-order valence-corrected chi connectivity index (χ3v) is 3.47. The van der Waals surface area contributed by atoms with Crippen molar-refractivity contribution in [3.05, 3.63) is 24.0 Å². The van der Waals surface area contributed by atoms with Crippen LogP contribution in [0.2, 0.25) is 0 Å². The molecule has 0 aromatic carbocycles. The number of ether oxygens (including phenoxy) is 1. The van der Waals surface area contributed by atoms with E-state index in [0.29, 0.717) is 5.88 Å². The molecule has 1 heterocycles. The van der Waals surface area contributed by atoms with Crippen molar-refractivity contribution in [1.29, 1.82) is 0 Å². The van der Waals surface area contributed by atoms with E-state index in [0.717, 1.165) is 24.5 Å². The van der Waals surface area contributed by atoms with E-state index in [9.17, 15) is 0 Å². The number of rotatable bonds is 11. The Labute approximate surface area is 122 Å². The van der Waals surface area contributed by atoms with Crippen LogP contribution in [0.25, 0.3) is 0 Å². The van der Waals surface area contributed by atoms with Gasteiger partial charge in [-0.1, -0.05) is 51.9 Å². The fourth-order valence-electron chi connectivity index (χ4n) is 2.00. The molecular formula is C16H26ClNO. The molecule has 0 fully saturated rings. The van der Waals surface area contributed by atoms with Crippen molar-refractivity contribution in [2.75, 3.05) is 6.61 Å². The summed E-state index contributed by atoms with van der Waals surface area (Å²) in [7, 11) is 0. The van der Waals surface area contributed by atoms with Crippen molar-refractivity contribution < 1.29 is 4.74 Å². The molecule has 1 aromatic rings. The fraction of sp³-hybridized carbons (Fsp3) is 0.688. The molecular weight excluding hydrogens is 258 g/mol. The van der Waals surface area contributed by atoms with E-state index >= 15 is 0 Å². The number of unbranched alkanes of at least 4 members (excludes halogenated alkanes) is 7. The Hall–Kier alpha value is -0.760. The fourth-order valence-corrected chi connectivity index (χ4v) is 2.16. The maximum absolute atomic E-state index is 5.68. The van der Waals surface area contributed by atoms with Crippen molar-refractivity contribution in [2.24, 2.45) is 0 Å².